The normalized spacial score (nSPS) is 13.3. The highest BCUT2D eigenvalue weighted by Gasteiger charge is 2.22. The molecule has 18 heavy (non-hydrogen) atoms. The van der Waals surface area contributed by atoms with Gasteiger partial charge in [0.1, 0.15) is 0 Å². The van der Waals surface area contributed by atoms with Gasteiger partial charge in [0.05, 0.1) is 0 Å². The zero-order valence-corrected chi connectivity index (χ0v) is 11.4. The molecule has 0 unspecified atom stereocenters. The molecular weight excluding hydrogens is 218 g/mol. The van der Waals surface area contributed by atoms with Crippen molar-refractivity contribution >= 4 is 0 Å². The molecule has 0 aliphatic rings. The molecule has 1 heterocycles. The average molecular weight is 239 g/mol. The summed E-state index contributed by atoms with van der Waals surface area (Å²) in [6, 6.07) is 16.8. The predicted molar refractivity (Wildman–Crippen MR) is 76.6 cm³/mol. The quantitative estimate of drug-likeness (QED) is 0.759. The van der Waals surface area contributed by atoms with Crippen LogP contribution >= 0.6 is 0 Å². The number of pyridine rings is 1. The summed E-state index contributed by atoms with van der Waals surface area (Å²) < 4.78 is 0. The first-order valence-electron chi connectivity index (χ1n) is 6.52. The van der Waals surface area contributed by atoms with Gasteiger partial charge in [0.2, 0.25) is 0 Å². The topological polar surface area (TPSA) is 12.9 Å². The minimum atomic E-state index is 0.290. The molecule has 2 aromatic rings. The van der Waals surface area contributed by atoms with Gasteiger partial charge in [-0.2, -0.15) is 0 Å². The Hall–Kier alpha value is -1.63. The Morgan fingerprint density at radius 1 is 0.944 bits per heavy atom. The van der Waals surface area contributed by atoms with Crippen molar-refractivity contribution in [2.75, 3.05) is 0 Å². The lowest BCUT2D eigenvalue weighted by atomic mass is 9.80. The maximum absolute atomic E-state index is 4.54. The van der Waals surface area contributed by atoms with Crippen LogP contribution in [0.15, 0.2) is 54.7 Å². The number of hydrogen-bond donors (Lipinski definition) is 0. The predicted octanol–water partition coefficient (Wildman–Crippen LogP) is 4.65. The van der Waals surface area contributed by atoms with Crippen molar-refractivity contribution in [1.82, 2.24) is 4.98 Å². The second-order valence-electron chi connectivity index (χ2n) is 5.98. The molecule has 0 bridgehead atoms. The van der Waals surface area contributed by atoms with Crippen LogP contribution in [0.1, 0.15) is 44.4 Å². The van der Waals surface area contributed by atoms with Crippen LogP contribution in [0.2, 0.25) is 0 Å². The highest BCUT2D eigenvalue weighted by Crippen LogP contribution is 2.34. The minimum Gasteiger partial charge on any atom is -0.261 e. The Morgan fingerprint density at radius 2 is 1.61 bits per heavy atom. The molecule has 0 amide bonds. The largest absolute Gasteiger partial charge is 0.261 e. The first kappa shape index (κ1) is 12.8. The summed E-state index contributed by atoms with van der Waals surface area (Å²) in [6.45, 7) is 6.85. The maximum Gasteiger partial charge on any atom is 0.0478 e. The summed E-state index contributed by atoms with van der Waals surface area (Å²) in [7, 11) is 0. The fourth-order valence-electron chi connectivity index (χ4n) is 2.27. The van der Waals surface area contributed by atoms with Crippen LogP contribution in [0.3, 0.4) is 0 Å². The second-order valence-corrected chi connectivity index (χ2v) is 5.98. The van der Waals surface area contributed by atoms with Gasteiger partial charge in [-0.15, -0.1) is 0 Å². The fraction of sp³-hybridized carbons (Fsp3) is 0.353. The molecule has 1 nitrogen and oxygen atoms in total. The second kappa shape index (κ2) is 5.34. The first-order chi connectivity index (χ1) is 8.56. The Labute approximate surface area is 110 Å². The average Bonchev–Trinajstić information content (AvgIpc) is 2.37. The van der Waals surface area contributed by atoms with Gasteiger partial charge in [-0.25, -0.2) is 0 Å². The summed E-state index contributed by atoms with van der Waals surface area (Å²) in [4.78, 5) is 4.54. The number of benzene rings is 1. The fourth-order valence-corrected chi connectivity index (χ4v) is 2.27. The van der Waals surface area contributed by atoms with Crippen molar-refractivity contribution < 1.29 is 0 Å². The van der Waals surface area contributed by atoms with Crippen LogP contribution in [-0.4, -0.2) is 4.98 Å². The van der Waals surface area contributed by atoms with E-state index in [-0.39, 0.29) is 5.41 Å². The highest BCUT2D eigenvalue weighted by atomic mass is 14.7. The van der Waals surface area contributed by atoms with Gasteiger partial charge < -0.3 is 0 Å². The summed E-state index contributed by atoms with van der Waals surface area (Å²) in [5, 5.41) is 0. The molecule has 1 heteroatoms. The number of hydrogen-bond acceptors (Lipinski definition) is 1. The summed E-state index contributed by atoms with van der Waals surface area (Å²) in [5.41, 5.74) is 2.81. The van der Waals surface area contributed by atoms with E-state index in [1.807, 2.05) is 12.3 Å². The summed E-state index contributed by atoms with van der Waals surface area (Å²) >= 11 is 0. The molecule has 0 aliphatic carbocycles. The lowest BCUT2D eigenvalue weighted by Crippen LogP contribution is -2.14. The first-order valence-corrected chi connectivity index (χ1v) is 6.52. The third-order valence-corrected chi connectivity index (χ3v) is 3.06. The van der Waals surface area contributed by atoms with Crippen molar-refractivity contribution in [3.8, 4) is 0 Å². The van der Waals surface area contributed by atoms with E-state index in [0.717, 1.165) is 6.42 Å². The zero-order chi connectivity index (χ0) is 13.0. The van der Waals surface area contributed by atoms with E-state index < -0.39 is 0 Å². The Kier molecular flexibility index (Phi) is 3.81. The van der Waals surface area contributed by atoms with Gasteiger partial charge >= 0.3 is 0 Å². The summed E-state index contributed by atoms with van der Waals surface area (Å²) in [6.07, 6.45) is 2.99. The third kappa shape index (κ3) is 3.43. The van der Waals surface area contributed by atoms with E-state index in [2.05, 4.69) is 68.2 Å². The molecule has 0 radical (unpaired) electrons. The van der Waals surface area contributed by atoms with Crippen LogP contribution in [-0.2, 0) is 0 Å². The standard InChI is InChI=1S/C17H21N/c1-17(2,3)13-15(14-9-5-4-6-10-14)16-11-7-8-12-18-16/h4-12,15H,13H2,1-3H3/t15-/m1/s1. The molecule has 1 atom stereocenters. The molecule has 0 aliphatic heterocycles. The van der Waals surface area contributed by atoms with Crippen LogP contribution in [0, 0.1) is 5.41 Å². The van der Waals surface area contributed by atoms with Crippen molar-refractivity contribution in [3.05, 3.63) is 66.0 Å². The number of aromatic nitrogens is 1. The molecule has 0 saturated heterocycles. The van der Waals surface area contributed by atoms with Gasteiger partial charge in [0.15, 0.2) is 0 Å². The van der Waals surface area contributed by atoms with Crippen molar-refractivity contribution in [3.63, 3.8) is 0 Å². The SMILES string of the molecule is CC(C)(C)C[C@H](c1ccccc1)c1ccccn1. The third-order valence-electron chi connectivity index (χ3n) is 3.06. The van der Waals surface area contributed by atoms with E-state index in [4.69, 9.17) is 0 Å². The molecule has 0 N–H and O–H groups in total. The number of rotatable bonds is 3. The highest BCUT2D eigenvalue weighted by molar-refractivity contribution is 5.28. The Balaban J connectivity index is 2.36. The molecule has 0 saturated carbocycles. The molecule has 1 aromatic carbocycles. The van der Waals surface area contributed by atoms with Crippen LogP contribution in [0.5, 0.6) is 0 Å². The van der Waals surface area contributed by atoms with Crippen LogP contribution < -0.4 is 0 Å². The van der Waals surface area contributed by atoms with Gasteiger partial charge in [-0.3, -0.25) is 4.98 Å². The molecular formula is C17H21N. The summed E-state index contributed by atoms with van der Waals surface area (Å²) in [5.74, 6) is 0.382. The lowest BCUT2D eigenvalue weighted by molar-refractivity contribution is 0.355. The zero-order valence-electron chi connectivity index (χ0n) is 11.4. The van der Waals surface area contributed by atoms with Crippen molar-refractivity contribution in [2.24, 2.45) is 5.41 Å². The van der Waals surface area contributed by atoms with Crippen LogP contribution in [0.4, 0.5) is 0 Å². The van der Waals surface area contributed by atoms with E-state index in [9.17, 15) is 0 Å². The van der Waals surface area contributed by atoms with E-state index in [0.29, 0.717) is 5.92 Å². The molecule has 94 valence electrons. The van der Waals surface area contributed by atoms with E-state index in [1.54, 1.807) is 0 Å². The molecule has 2 rings (SSSR count). The molecule has 0 fully saturated rings. The van der Waals surface area contributed by atoms with E-state index in [1.165, 1.54) is 11.3 Å². The van der Waals surface area contributed by atoms with Gasteiger partial charge in [-0.05, 0) is 29.5 Å². The monoisotopic (exact) mass is 239 g/mol. The van der Waals surface area contributed by atoms with Crippen molar-refractivity contribution in [2.45, 2.75) is 33.1 Å². The smallest absolute Gasteiger partial charge is 0.0478 e. The molecule has 1 aromatic heterocycles. The lowest BCUT2D eigenvalue weighted by Gasteiger charge is -2.26. The van der Waals surface area contributed by atoms with E-state index >= 15 is 0 Å². The minimum absolute atomic E-state index is 0.290. The van der Waals surface area contributed by atoms with Gasteiger partial charge in [0, 0.05) is 17.8 Å². The van der Waals surface area contributed by atoms with Crippen molar-refractivity contribution in [1.29, 1.82) is 0 Å². The maximum atomic E-state index is 4.54. The van der Waals surface area contributed by atoms with Crippen LogP contribution in [0.25, 0.3) is 0 Å². The number of nitrogens with zero attached hydrogens (tertiary/aromatic N) is 1. The van der Waals surface area contributed by atoms with Gasteiger partial charge in [-0.1, -0.05) is 57.2 Å². The van der Waals surface area contributed by atoms with Gasteiger partial charge in [0.25, 0.3) is 0 Å². The molecule has 0 spiro atoms. The Bertz CT molecular complexity index is 428. The Morgan fingerprint density at radius 3 is 2.17 bits per heavy atom.